The largest absolute Gasteiger partial charge is 0.466 e. The van der Waals surface area contributed by atoms with E-state index in [0.29, 0.717) is 6.61 Å². The summed E-state index contributed by atoms with van der Waals surface area (Å²) in [6.45, 7) is 2.08. The summed E-state index contributed by atoms with van der Waals surface area (Å²) in [7, 11) is 0. The van der Waals surface area contributed by atoms with Gasteiger partial charge in [-0.1, -0.05) is 94.1 Å². The first-order chi connectivity index (χ1) is 10.9. The van der Waals surface area contributed by atoms with Crippen molar-refractivity contribution in [2.45, 2.75) is 39.1 Å². The lowest BCUT2D eigenvalue weighted by atomic mass is 10.0. The minimum atomic E-state index is -0.398. The number of benzene rings is 1. The van der Waals surface area contributed by atoms with E-state index in [1.807, 2.05) is 30.3 Å². The van der Waals surface area contributed by atoms with Crippen molar-refractivity contribution in [3.63, 3.8) is 0 Å². The van der Waals surface area contributed by atoms with Crippen LogP contribution < -0.4 is 0 Å². The maximum Gasteiger partial charge on any atom is 0.306 e. The first kappa shape index (κ1) is 21.3. The van der Waals surface area contributed by atoms with Gasteiger partial charge in [-0.3, -0.25) is 9.59 Å². The van der Waals surface area contributed by atoms with Gasteiger partial charge in [0.2, 0.25) is 0 Å². The van der Waals surface area contributed by atoms with E-state index >= 15 is 0 Å². The van der Waals surface area contributed by atoms with E-state index in [4.69, 9.17) is 4.74 Å². The van der Waals surface area contributed by atoms with Crippen LogP contribution >= 0.6 is 63.7 Å². The Morgan fingerprint density at radius 1 is 1.00 bits per heavy atom. The van der Waals surface area contributed by atoms with Crippen molar-refractivity contribution in [1.29, 1.82) is 0 Å². The van der Waals surface area contributed by atoms with E-state index in [0.717, 1.165) is 5.56 Å². The molecule has 4 atom stereocenters. The van der Waals surface area contributed by atoms with Crippen molar-refractivity contribution in [3.8, 4) is 0 Å². The molecule has 23 heavy (non-hydrogen) atoms. The Labute approximate surface area is 170 Å². The predicted octanol–water partition coefficient (Wildman–Crippen LogP) is 5.33. The molecule has 0 heterocycles. The number of Topliss-reactive ketones (excluding diaryl/α,β-unsaturated/α-hetero) is 1. The number of hydrogen-bond donors (Lipinski definition) is 0. The van der Waals surface area contributed by atoms with Crippen molar-refractivity contribution in [2.75, 3.05) is 6.61 Å². The molecule has 0 bridgehead atoms. The van der Waals surface area contributed by atoms with Crippen LogP contribution in [-0.4, -0.2) is 32.8 Å². The second kappa shape index (κ2) is 11.0. The lowest BCUT2D eigenvalue weighted by molar-refractivity contribution is -0.144. The average Bonchev–Trinajstić information content (AvgIpc) is 2.58. The Morgan fingerprint density at radius 2 is 1.61 bits per heavy atom. The van der Waals surface area contributed by atoms with Gasteiger partial charge in [0.05, 0.1) is 22.7 Å². The van der Waals surface area contributed by atoms with Crippen LogP contribution in [-0.2, 0) is 14.3 Å². The molecule has 0 radical (unpaired) electrons. The summed E-state index contributed by atoms with van der Waals surface area (Å²) in [5.74, 6) is -0.373. The second-order valence-electron chi connectivity index (χ2n) is 4.87. The third kappa shape index (κ3) is 6.96. The zero-order chi connectivity index (χ0) is 17.4. The molecule has 1 rings (SSSR count). The van der Waals surface area contributed by atoms with Crippen LogP contribution in [0.3, 0.4) is 0 Å². The summed E-state index contributed by atoms with van der Waals surface area (Å²) in [6.07, 6.45) is 0.271. The van der Waals surface area contributed by atoms with Crippen molar-refractivity contribution < 1.29 is 14.3 Å². The summed E-state index contributed by atoms with van der Waals surface area (Å²) >= 11 is 14.3. The maximum absolute atomic E-state index is 12.2. The normalized spacial score (nSPS) is 16.2. The molecule has 1 aromatic carbocycles. The van der Waals surface area contributed by atoms with Crippen molar-refractivity contribution >= 4 is 75.5 Å². The Bertz CT molecular complexity index is 509. The molecule has 0 amide bonds. The fourth-order valence-electron chi connectivity index (χ4n) is 1.92. The molecule has 0 unspecified atom stereocenters. The zero-order valence-corrected chi connectivity index (χ0v) is 18.9. The smallest absolute Gasteiger partial charge is 0.306 e. The van der Waals surface area contributed by atoms with E-state index < -0.39 is 4.83 Å². The Hall–Kier alpha value is 0.280. The van der Waals surface area contributed by atoms with Crippen LogP contribution in [0.1, 0.15) is 30.2 Å². The monoisotopic (exact) mass is 574 g/mol. The molecule has 0 aliphatic carbocycles. The van der Waals surface area contributed by atoms with Crippen LogP contribution in [0, 0.1) is 0 Å². The number of ketones is 1. The molecule has 0 saturated carbocycles. The van der Waals surface area contributed by atoms with E-state index in [1.165, 1.54) is 0 Å². The van der Waals surface area contributed by atoms with Gasteiger partial charge in [0, 0.05) is 16.1 Å². The highest BCUT2D eigenvalue weighted by molar-refractivity contribution is 9.14. The number of halogens is 4. The molecule has 0 N–H and O–H groups in total. The molecule has 0 aromatic heterocycles. The molecule has 7 heteroatoms. The first-order valence-corrected chi connectivity index (χ1v) is 10.8. The van der Waals surface area contributed by atoms with Gasteiger partial charge in [0.25, 0.3) is 0 Å². The zero-order valence-electron chi connectivity index (χ0n) is 12.6. The highest BCUT2D eigenvalue weighted by atomic mass is 79.9. The van der Waals surface area contributed by atoms with Crippen molar-refractivity contribution in [3.05, 3.63) is 35.9 Å². The SMILES string of the molecule is CCOC(=O)CCC(=O)[C@@H](Br)[C@H](Br)[C@H](Br)[C@H](Br)c1ccccc1. The fourth-order valence-corrected chi connectivity index (χ4v) is 5.14. The molecule has 3 nitrogen and oxygen atoms in total. The summed E-state index contributed by atoms with van der Waals surface area (Å²) in [5.41, 5.74) is 1.12. The Morgan fingerprint density at radius 3 is 2.17 bits per heavy atom. The average molecular weight is 578 g/mol. The van der Waals surface area contributed by atoms with Crippen LogP contribution in [0.2, 0.25) is 0 Å². The highest BCUT2D eigenvalue weighted by Crippen LogP contribution is 2.38. The summed E-state index contributed by atoms with van der Waals surface area (Å²) in [5, 5.41) is 0. The molecular formula is C16H18Br4O3. The molecule has 0 fully saturated rings. The van der Waals surface area contributed by atoms with E-state index in [9.17, 15) is 9.59 Å². The van der Waals surface area contributed by atoms with Gasteiger partial charge in [0.1, 0.15) is 5.78 Å². The number of alkyl halides is 4. The topological polar surface area (TPSA) is 43.4 Å². The molecule has 0 aliphatic rings. The summed E-state index contributed by atoms with van der Waals surface area (Å²) < 4.78 is 4.84. The Balaban J connectivity index is 2.59. The molecule has 0 aliphatic heterocycles. The number of ether oxygens (including phenoxy) is 1. The molecular weight excluding hydrogens is 560 g/mol. The van der Waals surface area contributed by atoms with Gasteiger partial charge >= 0.3 is 5.97 Å². The van der Waals surface area contributed by atoms with E-state index in [-0.39, 0.29) is 39.1 Å². The van der Waals surface area contributed by atoms with Gasteiger partial charge in [-0.15, -0.1) is 0 Å². The first-order valence-electron chi connectivity index (χ1n) is 7.18. The van der Waals surface area contributed by atoms with Gasteiger partial charge in [-0.05, 0) is 12.5 Å². The maximum atomic E-state index is 12.2. The Kier molecular flexibility index (Phi) is 10.2. The van der Waals surface area contributed by atoms with Crippen molar-refractivity contribution in [2.24, 2.45) is 0 Å². The summed E-state index contributed by atoms with van der Waals surface area (Å²) in [4.78, 5) is 23.1. The molecule has 0 saturated heterocycles. The van der Waals surface area contributed by atoms with Crippen LogP contribution in [0.25, 0.3) is 0 Å². The third-order valence-corrected chi connectivity index (χ3v) is 9.67. The lowest BCUT2D eigenvalue weighted by Crippen LogP contribution is -2.33. The van der Waals surface area contributed by atoms with Gasteiger partial charge in [0.15, 0.2) is 0 Å². The number of hydrogen-bond acceptors (Lipinski definition) is 3. The summed E-state index contributed by atoms with van der Waals surface area (Å²) in [6, 6.07) is 9.97. The van der Waals surface area contributed by atoms with Crippen LogP contribution in [0.4, 0.5) is 0 Å². The quantitative estimate of drug-likeness (QED) is 0.295. The number of carbonyl (C=O) groups excluding carboxylic acids is 2. The van der Waals surface area contributed by atoms with Crippen molar-refractivity contribution in [1.82, 2.24) is 0 Å². The third-order valence-electron chi connectivity index (χ3n) is 3.17. The molecule has 0 spiro atoms. The van der Waals surface area contributed by atoms with Crippen LogP contribution in [0.5, 0.6) is 0 Å². The minimum absolute atomic E-state index is 0.0131. The van der Waals surface area contributed by atoms with E-state index in [1.54, 1.807) is 6.92 Å². The molecule has 1 aromatic rings. The standard InChI is InChI=1S/C16H18Br4O3/c1-2-23-12(22)9-8-11(21)14(18)16(20)15(19)13(17)10-6-4-3-5-7-10/h3-7,13-16H,2,8-9H2,1H3/t13-,14-,15-,16+/m1/s1. The number of carbonyl (C=O) groups is 2. The van der Waals surface area contributed by atoms with Gasteiger partial charge in [-0.25, -0.2) is 0 Å². The van der Waals surface area contributed by atoms with Crippen LogP contribution in [0.15, 0.2) is 30.3 Å². The fraction of sp³-hybridized carbons (Fsp3) is 0.500. The minimum Gasteiger partial charge on any atom is -0.466 e. The predicted molar refractivity (Wildman–Crippen MR) is 107 cm³/mol. The highest BCUT2D eigenvalue weighted by Gasteiger charge is 2.33. The lowest BCUT2D eigenvalue weighted by Gasteiger charge is -2.25. The van der Waals surface area contributed by atoms with Gasteiger partial charge < -0.3 is 4.74 Å². The second-order valence-corrected chi connectivity index (χ2v) is 8.96. The van der Waals surface area contributed by atoms with E-state index in [2.05, 4.69) is 63.7 Å². The van der Waals surface area contributed by atoms with Gasteiger partial charge in [-0.2, -0.15) is 0 Å². The molecule has 128 valence electrons. The number of rotatable bonds is 9. The number of esters is 1.